The third kappa shape index (κ3) is 4.50. The lowest BCUT2D eigenvalue weighted by atomic mass is 9.88. The van der Waals surface area contributed by atoms with Gasteiger partial charge in [0.25, 0.3) is 0 Å². The summed E-state index contributed by atoms with van der Waals surface area (Å²) >= 11 is 1.54. The van der Waals surface area contributed by atoms with E-state index in [0.717, 1.165) is 33.5 Å². The molecule has 3 aromatic rings. The first kappa shape index (κ1) is 19.4. The largest absolute Gasteiger partial charge is 0.367 e. The second-order valence-electron chi connectivity index (χ2n) is 7.64. The number of rotatable bonds is 5. The summed E-state index contributed by atoms with van der Waals surface area (Å²) in [7, 11) is 0. The van der Waals surface area contributed by atoms with Crippen LogP contribution < -0.4 is 5.32 Å². The summed E-state index contributed by atoms with van der Waals surface area (Å²) in [6.45, 7) is 8.73. The molecule has 1 unspecified atom stereocenters. The highest BCUT2D eigenvalue weighted by Crippen LogP contribution is 2.33. The molecule has 0 radical (unpaired) electrons. The van der Waals surface area contributed by atoms with Crippen molar-refractivity contribution in [2.45, 2.75) is 38.9 Å². The van der Waals surface area contributed by atoms with Crippen molar-refractivity contribution < 1.29 is 4.39 Å². The molecule has 0 amide bonds. The van der Waals surface area contributed by atoms with Crippen molar-refractivity contribution >= 4 is 17.6 Å². The first-order valence-corrected chi connectivity index (χ1v) is 10.1. The highest BCUT2D eigenvalue weighted by molar-refractivity contribution is 7.98. The van der Waals surface area contributed by atoms with Crippen LogP contribution in [0.4, 0.5) is 10.2 Å². The van der Waals surface area contributed by atoms with E-state index in [2.05, 4.69) is 43.0 Å². The van der Waals surface area contributed by atoms with Crippen molar-refractivity contribution in [2.24, 2.45) is 5.41 Å². The molecule has 0 aliphatic heterocycles. The SMILES string of the molecule is CSc1nc(-c2ccnc(NC(C)C(C)(C)C)c2)c(-c2ccc(F)cc2)[nH]1. The van der Waals surface area contributed by atoms with Crippen molar-refractivity contribution in [3.05, 3.63) is 48.4 Å². The predicted molar refractivity (Wildman–Crippen MR) is 112 cm³/mol. The first-order valence-electron chi connectivity index (χ1n) is 8.91. The van der Waals surface area contributed by atoms with Gasteiger partial charge in [-0.05, 0) is 55.0 Å². The van der Waals surface area contributed by atoms with E-state index in [1.54, 1.807) is 30.1 Å². The smallest absolute Gasteiger partial charge is 0.166 e. The van der Waals surface area contributed by atoms with Gasteiger partial charge in [0.2, 0.25) is 0 Å². The number of nitrogens with zero attached hydrogens (tertiary/aromatic N) is 2. The molecule has 6 heteroatoms. The van der Waals surface area contributed by atoms with Gasteiger partial charge in [-0.3, -0.25) is 0 Å². The van der Waals surface area contributed by atoms with Gasteiger partial charge in [-0.25, -0.2) is 14.4 Å². The molecular formula is C21H25FN4S. The van der Waals surface area contributed by atoms with Crippen molar-refractivity contribution in [3.63, 3.8) is 0 Å². The Hall–Kier alpha value is -2.34. The maximum atomic E-state index is 13.3. The molecular weight excluding hydrogens is 359 g/mol. The molecule has 0 aliphatic carbocycles. The molecule has 1 aromatic carbocycles. The summed E-state index contributed by atoms with van der Waals surface area (Å²) in [5.41, 5.74) is 3.69. The second-order valence-corrected chi connectivity index (χ2v) is 8.43. The quantitative estimate of drug-likeness (QED) is 0.542. The number of thioether (sulfide) groups is 1. The van der Waals surface area contributed by atoms with Crippen LogP contribution >= 0.6 is 11.8 Å². The summed E-state index contributed by atoms with van der Waals surface area (Å²) in [6, 6.07) is 10.7. The zero-order chi connectivity index (χ0) is 19.6. The van der Waals surface area contributed by atoms with Gasteiger partial charge < -0.3 is 10.3 Å². The van der Waals surface area contributed by atoms with Gasteiger partial charge in [-0.2, -0.15) is 0 Å². The predicted octanol–water partition coefficient (Wildman–Crippen LogP) is 5.85. The number of hydrogen-bond donors (Lipinski definition) is 2. The van der Waals surface area contributed by atoms with E-state index in [1.165, 1.54) is 12.1 Å². The van der Waals surface area contributed by atoms with Gasteiger partial charge in [0, 0.05) is 23.4 Å². The van der Waals surface area contributed by atoms with Crippen LogP contribution in [0.15, 0.2) is 47.8 Å². The molecule has 2 N–H and O–H groups in total. The Morgan fingerprint density at radius 3 is 2.44 bits per heavy atom. The third-order valence-electron chi connectivity index (χ3n) is 4.71. The monoisotopic (exact) mass is 384 g/mol. The van der Waals surface area contributed by atoms with Gasteiger partial charge in [-0.1, -0.05) is 32.5 Å². The normalized spacial score (nSPS) is 12.8. The minimum absolute atomic E-state index is 0.120. The van der Waals surface area contributed by atoms with E-state index < -0.39 is 0 Å². The average molecular weight is 385 g/mol. The molecule has 4 nitrogen and oxygen atoms in total. The van der Waals surface area contributed by atoms with Gasteiger partial charge in [0.15, 0.2) is 5.16 Å². The highest BCUT2D eigenvalue weighted by Gasteiger charge is 2.21. The van der Waals surface area contributed by atoms with Crippen LogP contribution in [0.3, 0.4) is 0 Å². The van der Waals surface area contributed by atoms with E-state index in [-0.39, 0.29) is 17.3 Å². The van der Waals surface area contributed by atoms with Gasteiger partial charge in [-0.15, -0.1) is 0 Å². The minimum atomic E-state index is -0.253. The van der Waals surface area contributed by atoms with E-state index in [4.69, 9.17) is 4.98 Å². The summed E-state index contributed by atoms with van der Waals surface area (Å²) in [5, 5.41) is 4.29. The molecule has 0 spiro atoms. The zero-order valence-corrected chi connectivity index (χ0v) is 17.1. The number of hydrogen-bond acceptors (Lipinski definition) is 4. The fourth-order valence-electron chi connectivity index (χ4n) is 2.58. The lowest BCUT2D eigenvalue weighted by Gasteiger charge is -2.28. The Labute approximate surface area is 164 Å². The van der Waals surface area contributed by atoms with E-state index >= 15 is 0 Å². The molecule has 2 heterocycles. The Balaban J connectivity index is 2.00. The van der Waals surface area contributed by atoms with Crippen LogP contribution in [0, 0.1) is 11.2 Å². The molecule has 0 saturated heterocycles. The van der Waals surface area contributed by atoms with Crippen LogP contribution in [0.2, 0.25) is 0 Å². The fraction of sp³-hybridized carbons (Fsp3) is 0.333. The van der Waals surface area contributed by atoms with Crippen molar-refractivity contribution in [2.75, 3.05) is 11.6 Å². The molecule has 27 heavy (non-hydrogen) atoms. The average Bonchev–Trinajstić information content (AvgIpc) is 3.06. The fourth-order valence-corrected chi connectivity index (χ4v) is 2.96. The number of nitrogens with one attached hydrogen (secondary N) is 2. The van der Waals surface area contributed by atoms with E-state index in [0.29, 0.717) is 0 Å². The van der Waals surface area contributed by atoms with Crippen LogP contribution in [-0.2, 0) is 0 Å². The maximum Gasteiger partial charge on any atom is 0.166 e. The van der Waals surface area contributed by atoms with Gasteiger partial charge >= 0.3 is 0 Å². The minimum Gasteiger partial charge on any atom is -0.367 e. The van der Waals surface area contributed by atoms with Crippen molar-refractivity contribution in [1.29, 1.82) is 0 Å². The Morgan fingerprint density at radius 1 is 1.11 bits per heavy atom. The zero-order valence-electron chi connectivity index (χ0n) is 16.3. The highest BCUT2D eigenvalue weighted by atomic mass is 32.2. The van der Waals surface area contributed by atoms with E-state index in [1.807, 2.05) is 18.4 Å². The number of imidazole rings is 1. The Bertz CT molecular complexity index is 913. The molecule has 1 atom stereocenters. The molecule has 2 aromatic heterocycles. The molecule has 0 bridgehead atoms. The lowest BCUT2D eigenvalue weighted by molar-refractivity contribution is 0.359. The van der Waals surface area contributed by atoms with Gasteiger partial charge in [0.05, 0.1) is 11.4 Å². The topological polar surface area (TPSA) is 53.6 Å². The third-order valence-corrected chi connectivity index (χ3v) is 5.29. The number of benzene rings is 1. The summed E-state index contributed by atoms with van der Waals surface area (Å²) < 4.78 is 13.3. The number of halogens is 1. The summed E-state index contributed by atoms with van der Waals surface area (Å²) in [4.78, 5) is 12.5. The number of aromatic amines is 1. The summed E-state index contributed by atoms with van der Waals surface area (Å²) in [5.74, 6) is 0.560. The molecule has 0 saturated carbocycles. The lowest BCUT2D eigenvalue weighted by Crippen LogP contribution is -2.31. The van der Waals surface area contributed by atoms with Crippen LogP contribution in [0.1, 0.15) is 27.7 Å². The summed E-state index contributed by atoms with van der Waals surface area (Å²) in [6.07, 6.45) is 3.76. The molecule has 3 rings (SSSR count). The number of H-pyrrole nitrogens is 1. The molecule has 142 valence electrons. The second kappa shape index (κ2) is 7.72. The number of aromatic nitrogens is 3. The molecule has 0 aliphatic rings. The Kier molecular flexibility index (Phi) is 5.56. The number of anilines is 1. The van der Waals surface area contributed by atoms with Gasteiger partial charge in [0.1, 0.15) is 11.6 Å². The van der Waals surface area contributed by atoms with Crippen LogP contribution in [0.5, 0.6) is 0 Å². The van der Waals surface area contributed by atoms with Crippen LogP contribution in [-0.4, -0.2) is 27.2 Å². The Morgan fingerprint density at radius 2 is 1.81 bits per heavy atom. The maximum absolute atomic E-state index is 13.3. The number of pyridine rings is 1. The van der Waals surface area contributed by atoms with Crippen LogP contribution in [0.25, 0.3) is 22.5 Å². The molecule has 0 fully saturated rings. The van der Waals surface area contributed by atoms with Crippen molar-refractivity contribution in [3.8, 4) is 22.5 Å². The van der Waals surface area contributed by atoms with Crippen molar-refractivity contribution in [1.82, 2.24) is 15.0 Å². The first-order chi connectivity index (χ1) is 12.8. The standard InChI is InChI=1S/C21H25FN4S/c1-13(21(2,3)4)24-17-12-15(10-11-23-17)19-18(25-20(26-19)27-5)14-6-8-16(22)9-7-14/h6-13H,1-5H3,(H,23,24)(H,25,26). The van der Waals surface area contributed by atoms with E-state index in [9.17, 15) is 4.39 Å².